The molecule has 3 N–H and O–H groups in total. The van der Waals surface area contributed by atoms with Gasteiger partial charge >= 0.3 is 0 Å². The van der Waals surface area contributed by atoms with Crippen molar-refractivity contribution in [1.82, 2.24) is 9.88 Å². The largest absolute Gasteiger partial charge is 0.349 e. The average molecular weight is 243 g/mol. The zero-order valence-corrected chi connectivity index (χ0v) is 10.2. The molecule has 0 aliphatic heterocycles. The first-order valence-electron chi connectivity index (χ1n) is 5.98. The van der Waals surface area contributed by atoms with Crippen molar-refractivity contribution in [2.45, 2.75) is 6.54 Å². The number of benzene rings is 1. The molecule has 1 amide bonds. The Balaban J connectivity index is 2.10. The van der Waals surface area contributed by atoms with Crippen molar-refractivity contribution in [3.05, 3.63) is 59.9 Å². The van der Waals surface area contributed by atoms with Gasteiger partial charge in [-0.1, -0.05) is 30.3 Å². The lowest BCUT2D eigenvalue weighted by Gasteiger charge is -2.09. The lowest BCUT2D eigenvalue weighted by Crippen LogP contribution is -2.30. The average Bonchev–Trinajstić information content (AvgIpc) is 2.85. The number of aromatic nitrogens is 1. The third-order valence-electron chi connectivity index (χ3n) is 2.69. The Hall–Kier alpha value is -2.07. The fourth-order valence-corrected chi connectivity index (χ4v) is 1.81. The summed E-state index contributed by atoms with van der Waals surface area (Å²) in [6.07, 6.45) is 1.91. The molecular weight excluding hydrogens is 226 g/mol. The van der Waals surface area contributed by atoms with E-state index in [0.717, 1.165) is 0 Å². The summed E-state index contributed by atoms with van der Waals surface area (Å²) in [6.45, 7) is 1.64. The number of amides is 1. The first-order chi connectivity index (χ1) is 8.81. The van der Waals surface area contributed by atoms with Crippen molar-refractivity contribution in [2.24, 2.45) is 5.73 Å². The summed E-state index contributed by atoms with van der Waals surface area (Å²) in [5.74, 6) is -0.0821. The lowest BCUT2D eigenvalue weighted by molar-refractivity contribution is 0.0946. The molecule has 0 aliphatic rings. The predicted molar refractivity (Wildman–Crippen MR) is 71.4 cm³/mol. The molecule has 0 radical (unpaired) electrons. The van der Waals surface area contributed by atoms with Crippen LogP contribution < -0.4 is 11.1 Å². The number of nitrogens with two attached hydrogens (primary N) is 1. The molecule has 0 fully saturated rings. The number of carbonyl (C=O) groups excluding carboxylic acids is 1. The number of hydrogen-bond donors (Lipinski definition) is 2. The molecule has 94 valence electrons. The van der Waals surface area contributed by atoms with E-state index in [1.807, 2.05) is 53.2 Å². The Morgan fingerprint density at radius 2 is 1.94 bits per heavy atom. The van der Waals surface area contributed by atoms with Crippen LogP contribution in [0.25, 0.3) is 0 Å². The van der Waals surface area contributed by atoms with Gasteiger partial charge in [-0.3, -0.25) is 4.79 Å². The third-order valence-corrected chi connectivity index (χ3v) is 2.69. The van der Waals surface area contributed by atoms with Crippen LogP contribution in [-0.2, 0) is 6.54 Å². The van der Waals surface area contributed by atoms with Gasteiger partial charge in [0.05, 0.1) is 0 Å². The summed E-state index contributed by atoms with van der Waals surface area (Å²) in [7, 11) is 0. The zero-order valence-electron chi connectivity index (χ0n) is 10.2. The Morgan fingerprint density at radius 1 is 1.17 bits per heavy atom. The molecule has 2 aromatic rings. The van der Waals surface area contributed by atoms with Crippen LogP contribution in [0.2, 0.25) is 0 Å². The quantitative estimate of drug-likeness (QED) is 0.829. The van der Waals surface area contributed by atoms with Crippen molar-refractivity contribution in [2.75, 3.05) is 13.1 Å². The molecule has 18 heavy (non-hydrogen) atoms. The van der Waals surface area contributed by atoms with Gasteiger partial charge in [0.15, 0.2) is 0 Å². The summed E-state index contributed by atoms with van der Waals surface area (Å²) in [5, 5.41) is 2.78. The van der Waals surface area contributed by atoms with Crippen LogP contribution in [0.5, 0.6) is 0 Å². The molecule has 1 aromatic carbocycles. The van der Waals surface area contributed by atoms with Crippen molar-refractivity contribution < 1.29 is 4.79 Å². The van der Waals surface area contributed by atoms with Crippen LogP contribution in [0.15, 0.2) is 48.7 Å². The van der Waals surface area contributed by atoms with Gasteiger partial charge in [0, 0.05) is 25.8 Å². The van der Waals surface area contributed by atoms with E-state index in [-0.39, 0.29) is 5.91 Å². The van der Waals surface area contributed by atoms with E-state index in [2.05, 4.69) is 5.32 Å². The Bertz CT molecular complexity index is 505. The van der Waals surface area contributed by atoms with Crippen molar-refractivity contribution >= 4 is 5.91 Å². The maximum absolute atomic E-state index is 11.9. The lowest BCUT2D eigenvalue weighted by atomic mass is 10.2. The van der Waals surface area contributed by atoms with Gasteiger partial charge in [0.1, 0.15) is 5.69 Å². The minimum atomic E-state index is -0.0821. The summed E-state index contributed by atoms with van der Waals surface area (Å²) >= 11 is 0. The fourth-order valence-electron chi connectivity index (χ4n) is 1.81. The summed E-state index contributed by atoms with van der Waals surface area (Å²) in [6, 6.07) is 13.7. The molecule has 1 heterocycles. The highest BCUT2D eigenvalue weighted by Gasteiger charge is 2.09. The monoisotopic (exact) mass is 243 g/mol. The van der Waals surface area contributed by atoms with E-state index < -0.39 is 0 Å². The predicted octanol–water partition coefficient (Wildman–Crippen LogP) is 1.22. The first-order valence-corrected chi connectivity index (χ1v) is 5.98. The normalized spacial score (nSPS) is 10.3. The van der Waals surface area contributed by atoms with Crippen LogP contribution in [0.4, 0.5) is 0 Å². The van der Waals surface area contributed by atoms with Gasteiger partial charge in [-0.2, -0.15) is 0 Å². The van der Waals surface area contributed by atoms with Crippen molar-refractivity contribution in [1.29, 1.82) is 0 Å². The highest BCUT2D eigenvalue weighted by molar-refractivity contribution is 5.92. The number of hydrogen-bond acceptors (Lipinski definition) is 2. The van der Waals surface area contributed by atoms with Crippen molar-refractivity contribution in [3.63, 3.8) is 0 Å². The fraction of sp³-hybridized carbons (Fsp3) is 0.214. The zero-order chi connectivity index (χ0) is 12.8. The first kappa shape index (κ1) is 12.4. The molecule has 0 unspecified atom stereocenters. The molecule has 4 nitrogen and oxygen atoms in total. The molecule has 2 rings (SSSR count). The van der Waals surface area contributed by atoms with Crippen LogP contribution in [0, 0.1) is 0 Å². The smallest absolute Gasteiger partial charge is 0.267 e. The molecule has 0 saturated carbocycles. The van der Waals surface area contributed by atoms with Crippen LogP contribution in [-0.4, -0.2) is 23.6 Å². The van der Waals surface area contributed by atoms with E-state index in [1.165, 1.54) is 5.56 Å². The molecule has 0 bridgehead atoms. The standard InChI is InChI=1S/C14H17N3O/c15-8-9-16-14(18)13-7-4-10-17(13)11-12-5-2-1-3-6-12/h1-7,10H,8-9,11,15H2,(H,16,18). The molecule has 1 aromatic heterocycles. The second-order valence-electron chi connectivity index (χ2n) is 4.05. The Kier molecular flexibility index (Phi) is 4.15. The maximum Gasteiger partial charge on any atom is 0.267 e. The molecule has 0 aliphatic carbocycles. The van der Waals surface area contributed by atoms with Crippen LogP contribution >= 0.6 is 0 Å². The molecule has 0 atom stereocenters. The molecule has 0 spiro atoms. The topological polar surface area (TPSA) is 60.0 Å². The highest BCUT2D eigenvalue weighted by atomic mass is 16.1. The summed E-state index contributed by atoms with van der Waals surface area (Å²) in [4.78, 5) is 11.9. The second kappa shape index (κ2) is 6.02. The maximum atomic E-state index is 11.9. The third kappa shape index (κ3) is 2.99. The minimum absolute atomic E-state index is 0.0821. The van der Waals surface area contributed by atoms with Gasteiger partial charge in [-0.25, -0.2) is 0 Å². The second-order valence-corrected chi connectivity index (χ2v) is 4.05. The van der Waals surface area contributed by atoms with E-state index in [4.69, 9.17) is 5.73 Å². The SMILES string of the molecule is NCCNC(=O)c1cccn1Cc1ccccc1. The van der Waals surface area contributed by atoms with Gasteiger partial charge in [0.25, 0.3) is 5.91 Å². The van der Waals surface area contributed by atoms with E-state index in [0.29, 0.717) is 25.3 Å². The van der Waals surface area contributed by atoms with Gasteiger partial charge in [-0.15, -0.1) is 0 Å². The van der Waals surface area contributed by atoms with E-state index in [1.54, 1.807) is 0 Å². The van der Waals surface area contributed by atoms with Gasteiger partial charge in [-0.05, 0) is 17.7 Å². The number of nitrogens with one attached hydrogen (secondary N) is 1. The van der Waals surface area contributed by atoms with Gasteiger partial charge < -0.3 is 15.6 Å². The number of carbonyl (C=O) groups is 1. The van der Waals surface area contributed by atoms with Crippen molar-refractivity contribution in [3.8, 4) is 0 Å². The highest BCUT2D eigenvalue weighted by Crippen LogP contribution is 2.07. The van der Waals surface area contributed by atoms with Gasteiger partial charge in [0.2, 0.25) is 0 Å². The number of nitrogens with zero attached hydrogens (tertiary/aromatic N) is 1. The van der Waals surface area contributed by atoms with Crippen LogP contribution in [0.1, 0.15) is 16.1 Å². The number of rotatable bonds is 5. The Morgan fingerprint density at radius 3 is 2.67 bits per heavy atom. The van der Waals surface area contributed by atoms with E-state index >= 15 is 0 Å². The van der Waals surface area contributed by atoms with E-state index in [9.17, 15) is 4.79 Å². The molecular formula is C14H17N3O. The molecule has 4 heteroatoms. The molecule has 0 saturated heterocycles. The summed E-state index contributed by atoms with van der Waals surface area (Å²) in [5.41, 5.74) is 7.20. The Labute approximate surface area is 106 Å². The minimum Gasteiger partial charge on any atom is -0.349 e. The van der Waals surface area contributed by atoms with Crippen LogP contribution in [0.3, 0.4) is 0 Å². The summed E-state index contributed by atoms with van der Waals surface area (Å²) < 4.78 is 1.93.